The summed E-state index contributed by atoms with van der Waals surface area (Å²) in [5.41, 5.74) is 1.25. The van der Waals surface area contributed by atoms with E-state index in [4.69, 9.17) is 9.47 Å². The maximum atomic E-state index is 5.35. The van der Waals surface area contributed by atoms with Crippen molar-refractivity contribution >= 4 is 11.8 Å². The van der Waals surface area contributed by atoms with Gasteiger partial charge in [0.1, 0.15) is 0 Å². The van der Waals surface area contributed by atoms with Gasteiger partial charge in [-0.15, -0.1) is 0 Å². The van der Waals surface area contributed by atoms with Crippen LogP contribution in [0.25, 0.3) is 0 Å². The van der Waals surface area contributed by atoms with Gasteiger partial charge in [0.2, 0.25) is 0 Å². The summed E-state index contributed by atoms with van der Waals surface area (Å²) in [5, 5.41) is 3.51. The van der Waals surface area contributed by atoms with Crippen LogP contribution in [0.2, 0.25) is 0 Å². The van der Waals surface area contributed by atoms with Crippen LogP contribution in [0.1, 0.15) is 25.5 Å². The summed E-state index contributed by atoms with van der Waals surface area (Å²) in [6.45, 7) is 5.27. The first-order valence-corrected chi connectivity index (χ1v) is 7.45. The molecule has 3 nitrogen and oxygen atoms in total. The first-order valence-electron chi connectivity index (χ1n) is 6.29. The number of thioether (sulfide) groups is 1. The van der Waals surface area contributed by atoms with Gasteiger partial charge < -0.3 is 14.8 Å². The number of rotatable bonds is 8. The van der Waals surface area contributed by atoms with E-state index in [1.165, 1.54) is 5.56 Å². The highest BCUT2D eigenvalue weighted by molar-refractivity contribution is 7.99. The van der Waals surface area contributed by atoms with E-state index in [1.807, 2.05) is 17.8 Å². The lowest BCUT2D eigenvalue weighted by atomic mass is 10.1. The molecule has 0 aromatic heterocycles. The van der Waals surface area contributed by atoms with Crippen molar-refractivity contribution in [3.63, 3.8) is 0 Å². The molecule has 0 aliphatic carbocycles. The zero-order chi connectivity index (χ0) is 13.4. The Labute approximate surface area is 114 Å². The lowest BCUT2D eigenvalue weighted by molar-refractivity contribution is 0.354. The Hall–Kier alpha value is -0.870. The minimum absolute atomic E-state index is 0.361. The third-order valence-corrected chi connectivity index (χ3v) is 3.73. The van der Waals surface area contributed by atoms with Crippen LogP contribution < -0.4 is 14.8 Å². The van der Waals surface area contributed by atoms with Crippen LogP contribution in [0.3, 0.4) is 0 Å². The molecule has 1 atom stereocenters. The lowest BCUT2D eigenvalue weighted by Crippen LogP contribution is -2.23. The van der Waals surface area contributed by atoms with E-state index in [-0.39, 0.29) is 0 Å². The van der Waals surface area contributed by atoms with Gasteiger partial charge in [-0.3, -0.25) is 0 Å². The fourth-order valence-electron chi connectivity index (χ4n) is 1.82. The lowest BCUT2D eigenvalue weighted by Gasteiger charge is -2.19. The molecule has 0 saturated heterocycles. The van der Waals surface area contributed by atoms with E-state index >= 15 is 0 Å². The second kappa shape index (κ2) is 8.27. The fraction of sp³-hybridized carbons (Fsp3) is 0.571. The minimum Gasteiger partial charge on any atom is -0.493 e. The molecular formula is C14H23NO2S. The molecule has 1 rings (SSSR count). The average Bonchev–Trinajstić information content (AvgIpc) is 2.42. The van der Waals surface area contributed by atoms with Crippen LogP contribution in [-0.2, 0) is 0 Å². The Morgan fingerprint density at radius 3 is 2.44 bits per heavy atom. The van der Waals surface area contributed by atoms with Crippen molar-refractivity contribution in [3.8, 4) is 11.5 Å². The van der Waals surface area contributed by atoms with Gasteiger partial charge in [-0.05, 0) is 30.0 Å². The van der Waals surface area contributed by atoms with Crippen LogP contribution in [0.15, 0.2) is 18.2 Å². The van der Waals surface area contributed by atoms with Gasteiger partial charge in [-0.25, -0.2) is 0 Å². The number of ether oxygens (including phenoxy) is 2. The van der Waals surface area contributed by atoms with E-state index in [0.29, 0.717) is 6.04 Å². The number of hydrogen-bond donors (Lipinski definition) is 1. The molecular weight excluding hydrogens is 246 g/mol. The van der Waals surface area contributed by atoms with Crippen LogP contribution in [0.4, 0.5) is 0 Å². The predicted octanol–water partition coefficient (Wildman–Crippen LogP) is 3.11. The summed E-state index contributed by atoms with van der Waals surface area (Å²) in [4.78, 5) is 0. The number of hydrogen-bond acceptors (Lipinski definition) is 4. The van der Waals surface area contributed by atoms with Gasteiger partial charge >= 0.3 is 0 Å². The molecule has 0 saturated carbocycles. The van der Waals surface area contributed by atoms with Gasteiger partial charge in [0.25, 0.3) is 0 Å². The first kappa shape index (κ1) is 15.2. The van der Waals surface area contributed by atoms with Crippen molar-refractivity contribution in [1.82, 2.24) is 5.32 Å². The standard InChI is InChI=1S/C14H23NO2S/c1-5-15-12(10-18-6-2)11-7-8-13(16-3)14(9-11)17-4/h7-9,12,15H,5-6,10H2,1-4H3. The first-order chi connectivity index (χ1) is 8.76. The molecule has 0 fully saturated rings. The smallest absolute Gasteiger partial charge is 0.161 e. The van der Waals surface area contributed by atoms with Crippen molar-refractivity contribution in [2.75, 3.05) is 32.3 Å². The molecule has 0 radical (unpaired) electrons. The van der Waals surface area contributed by atoms with Crippen LogP contribution in [0, 0.1) is 0 Å². The van der Waals surface area contributed by atoms with Gasteiger partial charge in [0.05, 0.1) is 14.2 Å². The highest BCUT2D eigenvalue weighted by Crippen LogP contribution is 2.30. The molecule has 4 heteroatoms. The van der Waals surface area contributed by atoms with Gasteiger partial charge in [-0.2, -0.15) is 11.8 Å². The van der Waals surface area contributed by atoms with Crippen LogP contribution >= 0.6 is 11.8 Å². The monoisotopic (exact) mass is 269 g/mol. The molecule has 0 amide bonds. The Balaban J connectivity index is 2.89. The largest absolute Gasteiger partial charge is 0.493 e. The van der Waals surface area contributed by atoms with Crippen LogP contribution in [0.5, 0.6) is 11.5 Å². The molecule has 18 heavy (non-hydrogen) atoms. The van der Waals surface area contributed by atoms with E-state index in [2.05, 4.69) is 31.3 Å². The predicted molar refractivity (Wildman–Crippen MR) is 79.0 cm³/mol. The van der Waals surface area contributed by atoms with Gasteiger partial charge in [-0.1, -0.05) is 19.9 Å². The second-order valence-electron chi connectivity index (χ2n) is 3.88. The highest BCUT2D eigenvalue weighted by Gasteiger charge is 2.13. The Morgan fingerprint density at radius 2 is 1.89 bits per heavy atom. The van der Waals surface area contributed by atoms with Crippen molar-refractivity contribution in [2.45, 2.75) is 19.9 Å². The maximum absolute atomic E-state index is 5.35. The fourth-order valence-corrected chi connectivity index (χ4v) is 2.61. The van der Waals surface area contributed by atoms with Crippen molar-refractivity contribution in [3.05, 3.63) is 23.8 Å². The zero-order valence-corrected chi connectivity index (χ0v) is 12.5. The Kier molecular flexibility index (Phi) is 6.98. The number of methoxy groups -OCH3 is 2. The summed E-state index contributed by atoms with van der Waals surface area (Å²) in [6, 6.07) is 6.49. The molecule has 1 aromatic carbocycles. The van der Waals surface area contributed by atoms with E-state index in [1.54, 1.807) is 14.2 Å². The molecule has 0 aliphatic heterocycles. The number of benzene rings is 1. The molecule has 102 valence electrons. The molecule has 1 unspecified atom stereocenters. The van der Waals surface area contributed by atoms with Crippen LogP contribution in [-0.4, -0.2) is 32.3 Å². The zero-order valence-electron chi connectivity index (χ0n) is 11.7. The van der Waals surface area contributed by atoms with E-state index in [0.717, 1.165) is 29.5 Å². The molecule has 1 N–H and O–H groups in total. The quantitative estimate of drug-likeness (QED) is 0.785. The van der Waals surface area contributed by atoms with Crippen molar-refractivity contribution < 1.29 is 9.47 Å². The second-order valence-corrected chi connectivity index (χ2v) is 5.20. The van der Waals surface area contributed by atoms with E-state index in [9.17, 15) is 0 Å². The number of nitrogens with one attached hydrogen (secondary N) is 1. The third kappa shape index (κ3) is 4.10. The van der Waals surface area contributed by atoms with Crippen molar-refractivity contribution in [2.24, 2.45) is 0 Å². The Bertz CT molecular complexity index is 358. The van der Waals surface area contributed by atoms with E-state index < -0.39 is 0 Å². The SMILES string of the molecule is CCNC(CSCC)c1ccc(OC)c(OC)c1. The van der Waals surface area contributed by atoms with Gasteiger partial charge in [0.15, 0.2) is 11.5 Å². The maximum Gasteiger partial charge on any atom is 0.161 e. The molecule has 0 aliphatic rings. The molecule has 0 heterocycles. The minimum atomic E-state index is 0.361. The average molecular weight is 269 g/mol. The third-order valence-electron chi connectivity index (χ3n) is 2.75. The Morgan fingerprint density at radius 1 is 1.17 bits per heavy atom. The summed E-state index contributed by atoms with van der Waals surface area (Å²) in [7, 11) is 3.33. The summed E-state index contributed by atoms with van der Waals surface area (Å²) in [5.74, 6) is 3.77. The van der Waals surface area contributed by atoms with Gasteiger partial charge in [0, 0.05) is 11.8 Å². The topological polar surface area (TPSA) is 30.5 Å². The molecule has 1 aromatic rings. The summed E-state index contributed by atoms with van der Waals surface area (Å²) >= 11 is 1.94. The highest BCUT2D eigenvalue weighted by atomic mass is 32.2. The summed E-state index contributed by atoms with van der Waals surface area (Å²) in [6.07, 6.45) is 0. The molecule has 0 spiro atoms. The van der Waals surface area contributed by atoms with Crippen molar-refractivity contribution in [1.29, 1.82) is 0 Å². The molecule has 0 bridgehead atoms. The summed E-state index contributed by atoms with van der Waals surface area (Å²) < 4.78 is 10.6. The normalized spacial score (nSPS) is 12.2.